The lowest BCUT2D eigenvalue weighted by atomic mass is 9.27. The number of para-hydroxylation sites is 3. The van der Waals surface area contributed by atoms with Crippen molar-refractivity contribution in [2.75, 3.05) is 9.80 Å². The molecule has 15 rings (SSSR count). The molecule has 0 aromatic heterocycles. The van der Waals surface area contributed by atoms with Gasteiger partial charge in [0.25, 0.3) is 0 Å². The molecule has 0 saturated heterocycles. The predicted molar refractivity (Wildman–Crippen MR) is 294 cm³/mol. The van der Waals surface area contributed by atoms with Crippen molar-refractivity contribution >= 4 is 113 Å². The largest absolute Gasteiger partial charge is 0.312 e. The average molecular weight is 873 g/mol. The molecule has 0 saturated carbocycles. The van der Waals surface area contributed by atoms with Gasteiger partial charge in [-0.2, -0.15) is 0 Å². The van der Waals surface area contributed by atoms with Crippen molar-refractivity contribution in [2.24, 2.45) is 0 Å². The quantitative estimate of drug-likeness (QED) is 0.126. The SMILES string of the molecule is c1ccc(B2c3ccccc3N(c3ccc4ccc5cccc6ccc3c4c56)c3cc4c5c(c32)N(c2ccccc2)c2ccccc2B5c2ccccc2C4(c2ccccc2)c2ccccc2)cc1. The smallest absolute Gasteiger partial charge is 0.249 e. The van der Waals surface area contributed by atoms with Gasteiger partial charge in [-0.1, -0.05) is 229 Å². The van der Waals surface area contributed by atoms with Gasteiger partial charge in [0, 0.05) is 33.8 Å². The van der Waals surface area contributed by atoms with Crippen molar-refractivity contribution in [3.05, 3.63) is 277 Å². The first-order valence-electron chi connectivity index (χ1n) is 24.3. The zero-order valence-corrected chi connectivity index (χ0v) is 37.8. The summed E-state index contributed by atoms with van der Waals surface area (Å²) in [6.07, 6.45) is 0. The minimum absolute atomic E-state index is 0.0372. The molecule has 0 fully saturated rings. The Labute approximate surface area is 402 Å². The second kappa shape index (κ2) is 14.7. The van der Waals surface area contributed by atoms with E-state index in [1.807, 2.05) is 0 Å². The third kappa shape index (κ3) is 5.23. The molecule has 12 aromatic rings. The Morgan fingerprint density at radius 3 is 1.52 bits per heavy atom. The summed E-state index contributed by atoms with van der Waals surface area (Å²) in [5, 5.41) is 7.66. The molecule has 2 nitrogen and oxygen atoms in total. The van der Waals surface area contributed by atoms with Gasteiger partial charge in [-0.25, -0.2) is 0 Å². The van der Waals surface area contributed by atoms with E-state index in [4.69, 9.17) is 0 Å². The second-order valence-electron chi connectivity index (χ2n) is 19.0. The highest BCUT2D eigenvalue weighted by molar-refractivity contribution is 7.03. The Morgan fingerprint density at radius 2 is 0.841 bits per heavy atom. The average Bonchev–Trinajstić information content (AvgIpc) is 3.42. The zero-order chi connectivity index (χ0) is 45.2. The second-order valence-corrected chi connectivity index (χ2v) is 19.0. The monoisotopic (exact) mass is 872 g/mol. The Bertz CT molecular complexity index is 3930. The maximum Gasteiger partial charge on any atom is 0.249 e. The van der Waals surface area contributed by atoms with Crippen molar-refractivity contribution in [2.45, 2.75) is 5.41 Å². The summed E-state index contributed by atoms with van der Waals surface area (Å²) in [4.78, 5) is 5.27. The van der Waals surface area contributed by atoms with Gasteiger partial charge < -0.3 is 9.80 Å². The summed E-state index contributed by atoms with van der Waals surface area (Å²) in [6.45, 7) is -0.129. The Morgan fingerprint density at radius 1 is 0.319 bits per heavy atom. The van der Waals surface area contributed by atoms with Crippen molar-refractivity contribution in [3.63, 3.8) is 0 Å². The number of fused-ring (bicyclic) bond motifs is 7. The highest BCUT2D eigenvalue weighted by Crippen LogP contribution is 2.53. The van der Waals surface area contributed by atoms with E-state index in [9.17, 15) is 0 Å². The highest BCUT2D eigenvalue weighted by atomic mass is 15.2. The van der Waals surface area contributed by atoms with Crippen LogP contribution in [-0.4, -0.2) is 13.4 Å². The molecule has 0 spiro atoms. The molecule has 12 aromatic carbocycles. The van der Waals surface area contributed by atoms with Crippen LogP contribution in [0.25, 0.3) is 32.3 Å². The molecule has 3 heterocycles. The van der Waals surface area contributed by atoms with E-state index in [1.165, 1.54) is 116 Å². The van der Waals surface area contributed by atoms with Crippen LogP contribution < -0.4 is 42.6 Å². The van der Waals surface area contributed by atoms with Crippen molar-refractivity contribution in [1.82, 2.24) is 0 Å². The number of hydrogen-bond acceptors (Lipinski definition) is 2. The van der Waals surface area contributed by atoms with E-state index in [0.717, 1.165) is 5.69 Å². The van der Waals surface area contributed by atoms with Gasteiger partial charge in [0.05, 0.1) is 11.1 Å². The van der Waals surface area contributed by atoms with Crippen LogP contribution in [0.15, 0.2) is 255 Å². The van der Waals surface area contributed by atoms with E-state index in [-0.39, 0.29) is 13.4 Å². The molecule has 0 unspecified atom stereocenters. The third-order valence-corrected chi connectivity index (χ3v) is 15.8. The Hall–Kier alpha value is -8.59. The van der Waals surface area contributed by atoms with E-state index in [1.54, 1.807) is 0 Å². The van der Waals surface area contributed by atoms with Crippen LogP contribution in [0.3, 0.4) is 0 Å². The molecule has 0 N–H and O–H groups in total. The lowest BCUT2D eigenvalue weighted by Crippen LogP contribution is -2.68. The van der Waals surface area contributed by atoms with Crippen LogP contribution in [-0.2, 0) is 5.41 Å². The molecule has 69 heavy (non-hydrogen) atoms. The molecule has 4 heteroatoms. The molecule has 318 valence electrons. The maximum absolute atomic E-state index is 2.65. The number of hydrogen-bond donors (Lipinski definition) is 0. The molecule has 0 aliphatic carbocycles. The molecular weight excluding hydrogens is 830 g/mol. The van der Waals surface area contributed by atoms with E-state index < -0.39 is 5.41 Å². The maximum atomic E-state index is 2.65. The first-order valence-corrected chi connectivity index (χ1v) is 24.3. The lowest BCUT2D eigenvalue weighted by molar-refractivity contribution is 0.751. The van der Waals surface area contributed by atoms with Gasteiger partial charge in [0.15, 0.2) is 0 Å². The van der Waals surface area contributed by atoms with E-state index in [0.29, 0.717) is 0 Å². The lowest BCUT2D eigenvalue weighted by Gasteiger charge is -2.51. The van der Waals surface area contributed by atoms with Crippen molar-refractivity contribution in [1.29, 1.82) is 0 Å². The minimum atomic E-state index is -0.684. The van der Waals surface area contributed by atoms with Gasteiger partial charge in [0.1, 0.15) is 0 Å². The fraction of sp³-hybridized carbons (Fsp3) is 0.0154. The first kappa shape index (κ1) is 38.5. The van der Waals surface area contributed by atoms with Crippen LogP contribution >= 0.6 is 0 Å². The Kier molecular flexibility index (Phi) is 8.21. The zero-order valence-electron chi connectivity index (χ0n) is 37.8. The predicted octanol–water partition coefficient (Wildman–Crippen LogP) is 11.9. The number of nitrogens with zero attached hydrogens (tertiary/aromatic N) is 2. The fourth-order valence-electron chi connectivity index (χ4n) is 13.2. The molecule has 0 amide bonds. The van der Waals surface area contributed by atoms with Gasteiger partial charge in [0.2, 0.25) is 13.4 Å². The topological polar surface area (TPSA) is 6.48 Å². The van der Waals surface area contributed by atoms with Crippen molar-refractivity contribution < 1.29 is 0 Å². The standard InChI is InChI=1S/C65H42B2N2/c1-5-22-46(23-6-1)65(47-24-7-2-8-25-47)51-30-13-14-31-53(51)67-55-33-16-17-34-57(55)68(49-28-11-4-12-29-49)64-62(67)52(65)42-59-63(64)66(48-26-9-3-10-27-48)54-32-15-18-35-58(54)69(59)56-41-39-45-37-36-43-20-19-21-44-38-40-50(56)61(45)60(43)44/h1-42H. The van der Waals surface area contributed by atoms with Crippen LogP contribution in [0.2, 0.25) is 0 Å². The van der Waals surface area contributed by atoms with Gasteiger partial charge >= 0.3 is 0 Å². The summed E-state index contributed by atoms with van der Waals surface area (Å²) in [5.41, 5.74) is 19.5. The highest BCUT2D eigenvalue weighted by Gasteiger charge is 2.54. The van der Waals surface area contributed by atoms with E-state index in [2.05, 4.69) is 265 Å². The van der Waals surface area contributed by atoms with E-state index >= 15 is 0 Å². The number of anilines is 6. The molecule has 0 atom stereocenters. The first-order chi connectivity index (χ1) is 34.3. The van der Waals surface area contributed by atoms with Crippen LogP contribution in [0.1, 0.15) is 22.3 Å². The molecule has 0 bridgehead atoms. The number of rotatable bonds is 5. The Balaban J connectivity index is 1.19. The van der Waals surface area contributed by atoms with Gasteiger partial charge in [-0.05, 0) is 107 Å². The third-order valence-electron chi connectivity index (χ3n) is 15.8. The molecule has 3 aliphatic rings. The minimum Gasteiger partial charge on any atom is -0.312 e. The fourth-order valence-corrected chi connectivity index (χ4v) is 13.2. The summed E-state index contributed by atoms with van der Waals surface area (Å²) >= 11 is 0. The van der Waals surface area contributed by atoms with Gasteiger partial charge in [-0.15, -0.1) is 0 Å². The summed E-state index contributed by atoms with van der Waals surface area (Å²) in [7, 11) is 0. The summed E-state index contributed by atoms with van der Waals surface area (Å²) in [5.74, 6) is 0. The molecule has 0 radical (unpaired) electrons. The van der Waals surface area contributed by atoms with Crippen molar-refractivity contribution in [3.8, 4) is 0 Å². The molecule has 3 aliphatic heterocycles. The normalized spacial score (nSPS) is 14.1. The summed E-state index contributed by atoms with van der Waals surface area (Å²) in [6, 6.07) is 96.3. The van der Waals surface area contributed by atoms with Crippen LogP contribution in [0.5, 0.6) is 0 Å². The number of benzene rings is 12. The molecular formula is C65H42B2N2. The van der Waals surface area contributed by atoms with Crippen LogP contribution in [0.4, 0.5) is 34.1 Å². The van der Waals surface area contributed by atoms with Crippen LogP contribution in [0, 0.1) is 0 Å². The summed E-state index contributed by atoms with van der Waals surface area (Å²) < 4.78 is 0. The van der Waals surface area contributed by atoms with Gasteiger partial charge in [-0.3, -0.25) is 0 Å².